The Kier molecular flexibility index (Phi) is 5.47. The first-order valence-corrected chi connectivity index (χ1v) is 9.03. The molecule has 0 N–H and O–H groups in total. The SMILES string of the molecule is O=C(OCc1ccc(Sc2ccc([N+](=O)[O-])cc2)cc1)c1cccs1. The molecule has 0 fully saturated rings. The van der Waals surface area contributed by atoms with E-state index in [1.54, 1.807) is 18.2 Å². The van der Waals surface area contributed by atoms with Gasteiger partial charge in [0.1, 0.15) is 11.5 Å². The van der Waals surface area contributed by atoms with Gasteiger partial charge < -0.3 is 4.74 Å². The number of non-ortho nitro benzene ring substituents is 1. The first-order chi connectivity index (χ1) is 12.1. The molecule has 0 atom stereocenters. The van der Waals surface area contributed by atoms with E-state index in [1.165, 1.54) is 35.2 Å². The van der Waals surface area contributed by atoms with Crippen molar-refractivity contribution in [2.45, 2.75) is 16.4 Å². The van der Waals surface area contributed by atoms with Crippen molar-refractivity contribution in [1.82, 2.24) is 0 Å². The number of nitrogens with zero attached hydrogens (tertiary/aromatic N) is 1. The number of carbonyl (C=O) groups is 1. The average molecular weight is 371 g/mol. The van der Waals surface area contributed by atoms with Crippen molar-refractivity contribution in [3.63, 3.8) is 0 Å². The normalized spacial score (nSPS) is 10.4. The van der Waals surface area contributed by atoms with Crippen LogP contribution >= 0.6 is 23.1 Å². The summed E-state index contributed by atoms with van der Waals surface area (Å²) in [5.74, 6) is -0.320. The molecule has 25 heavy (non-hydrogen) atoms. The zero-order valence-electron chi connectivity index (χ0n) is 13.0. The van der Waals surface area contributed by atoms with E-state index < -0.39 is 4.92 Å². The second-order valence-corrected chi connectivity index (χ2v) is 7.15. The molecule has 0 radical (unpaired) electrons. The number of rotatable bonds is 6. The van der Waals surface area contributed by atoms with Gasteiger partial charge in [0.2, 0.25) is 0 Å². The van der Waals surface area contributed by atoms with Crippen LogP contribution in [0.15, 0.2) is 75.8 Å². The molecule has 1 heterocycles. The van der Waals surface area contributed by atoms with Gasteiger partial charge in [0.05, 0.1) is 4.92 Å². The molecule has 1 aromatic heterocycles. The Hall–Kier alpha value is -2.64. The predicted octanol–water partition coefficient (Wildman–Crippen LogP) is 5.16. The molecule has 0 amide bonds. The third kappa shape index (κ3) is 4.68. The maximum Gasteiger partial charge on any atom is 0.348 e. The van der Waals surface area contributed by atoms with Crippen LogP contribution in [-0.2, 0) is 11.3 Å². The smallest absolute Gasteiger partial charge is 0.348 e. The van der Waals surface area contributed by atoms with Crippen LogP contribution in [0.2, 0.25) is 0 Å². The van der Waals surface area contributed by atoms with Crippen molar-refractivity contribution < 1.29 is 14.5 Å². The van der Waals surface area contributed by atoms with E-state index in [-0.39, 0.29) is 18.3 Å². The van der Waals surface area contributed by atoms with Crippen molar-refractivity contribution in [2.24, 2.45) is 0 Å². The Morgan fingerprint density at radius 2 is 1.68 bits per heavy atom. The lowest BCUT2D eigenvalue weighted by atomic mass is 10.2. The average Bonchev–Trinajstić information content (AvgIpc) is 3.16. The zero-order chi connectivity index (χ0) is 17.6. The standard InChI is InChI=1S/C18H13NO4S2/c20-18(17-2-1-11-24-17)23-12-13-3-7-15(8-4-13)25-16-9-5-14(6-10-16)19(21)22/h1-11H,12H2. The molecule has 5 nitrogen and oxygen atoms in total. The molecule has 0 aliphatic carbocycles. The molecule has 0 spiro atoms. The highest BCUT2D eigenvalue weighted by Crippen LogP contribution is 2.29. The molecule has 2 aromatic carbocycles. The van der Waals surface area contributed by atoms with Crippen LogP contribution in [-0.4, -0.2) is 10.9 Å². The van der Waals surface area contributed by atoms with Crippen LogP contribution in [0, 0.1) is 10.1 Å². The van der Waals surface area contributed by atoms with Crippen molar-refractivity contribution >= 4 is 34.8 Å². The van der Waals surface area contributed by atoms with E-state index in [2.05, 4.69) is 0 Å². The van der Waals surface area contributed by atoms with Crippen LogP contribution < -0.4 is 0 Å². The summed E-state index contributed by atoms with van der Waals surface area (Å²) in [7, 11) is 0. The summed E-state index contributed by atoms with van der Waals surface area (Å²) in [6.07, 6.45) is 0. The van der Waals surface area contributed by atoms with E-state index >= 15 is 0 Å². The van der Waals surface area contributed by atoms with E-state index in [1.807, 2.05) is 35.7 Å². The maximum absolute atomic E-state index is 11.8. The molecule has 126 valence electrons. The number of ether oxygens (including phenoxy) is 1. The molecule has 0 saturated heterocycles. The minimum Gasteiger partial charge on any atom is -0.457 e. The molecule has 3 aromatic rings. The molecule has 3 rings (SSSR count). The van der Waals surface area contributed by atoms with Gasteiger partial charge in [0, 0.05) is 21.9 Å². The number of nitro benzene ring substituents is 1. The fraction of sp³-hybridized carbons (Fsp3) is 0.0556. The summed E-state index contributed by atoms with van der Waals surface area (Å²) in [6.45, 7) is 0.221. The van der Waals surface area contributed by atoms with Gasteiger partial charge in [-0.1, -0.05) is 30.0 Å². The van der Waals surface area contributed by atoms with Gasteiger partial charge in [0.15, 0.2) is 0 Å². The summed E-state index contributed by atoms with van der Waals surface area (Å²) < 4.78 is 5.27. The predicted molar refractivity (Wildman–Crippen MR) is 97.1 cm³/mol. The molecular formula is C18H13NO4S2. The Balaban J connectivity index is 1.56. The monoisotopic (exact) mass is 371 g/mol. The number of carbonyl (C=O) groups excluding carboxylic acids is 1. The van der Waals surface area contributed by atoms with Crippen LogP contribution in [0.3, 0.4) is 0 Å². The number of nitro groups is 1. The van der Waals surface area contributed by atoms with Gasteiger partial charge in [-0.3, -0.25) is 10.1 Å². The van der Waals surface area contributed by atoms with Gasteiger partial charge in [-0.2, -0.15) is 0 Å². The molecule has 0 bridgehead atoms. The highest BCUT2D eigenvalue weighted by molar-refractivity contribution is 7.99. The Morgan fingerprint density at radius 1 is 1.04 bits per heavy atom. The van der Waals surface area contributed by atoms with E-state index in [4.69, 9.17) is 4.74 Å². The number of thiophene rings is 1. The number of hydrogen-bond acceptors (Lipinski definition) is 6. The molecule has 0 aliphatic heterocycles. The summed E-state index contributed by atoms with van der Waals surface area (Å²) in [4.78, 5) is 24.5. The van der Waals surface area contributed by atoms with Crippen molar-refractivity contribution in [3.05, 3.63) is 86.6 Å². The first kappa shape index (κ1) is 17.2. The molecule has 7 heteroatoms. The Morgan fingerprint density at radius 3 is 2.24 bits per heavy atom. The maximum atomic E-state index is 11.8. The third-order valence-electron chi connectivity index (χ3n) is 3.30. The third-order valence-corrected chi connectivity index (χ3v) is 5.16. The topological polar surface area (TPSA) is 69.4 Å². The first-order valence-electron chi connectivity index (χ1n) is 7.34. The highest BCUT2D eigenvalue weighted by atomic mass is 32.2. The van der Waals surface area contributed by atoms with Crippen LogP contribution in [0.1, 0.15) is 15.2 Å². The van der Waals surface area contributed by atoms with Gasteiger partial charge in [-0.15, -0.1) is 11.3 Å². The van der Waals surface area contributed by atoms with Gasteiger partial charge in [0.25, 0.3) is 5.69 Å². The zero-order valence-corrected chi connectivity index (χ0v) is 14.6. The molecule has 0 saturated carbocycles. The van der Waals surface area contributed by atoms with Gasteiger partial charge >= 0.3 is 5.97 Å². The number of esters is 1. The lowest BCUT2D eigenvalue weighted by Gasteiger charge is -2.05. The van der Waals surface area contributed by atoms with Gasteiger partial charge in [-0.25, -0.2) is 4.79 Å². The van der Waals surface area contributed by atoms with Crippen molar-refractivity contribution in [2.75, 3.05) is 0 Å². The van der Waals surface area contributed by atoms with Crippen LogP contribution in [0.25, 0.3) is 0 Å². The second-order valence-electron chi connectivity index (χ2n) is 5.05. The van der Waals surface area contributed by atoms with Crippen LogP contribution in [0.4, 0.5) is 5.69 Å². The van der Waals surface area contributed by atoms with E-state index in [0.717, 1.165) is 15.4 Å². The summed E-state index contributed by atoms with van der Waals surface area (Å²) in [6, 6.07) is 17.6. The summed E-state index contributed by atoms with van der Waals surface area (Å²) in [5, 5.41) is 12.5. The molecular weight excluding hydrogens is 358 g/mol. The lowest BCUT2D eigenvalue weighted by Crippen LogP contribution is -2.02. The quantitative estimate of drug-likeness (QED) is 0.340. The lowest BCUT2D eigenvalue weighted by molar-refractivity contribution is -0.384. The summed E-state index contributed by atoms with van der Waals surface area (Å²) >= 11 is 2.86. The van der Waals surface area contributed by atoms with Gasteiger partial charge in [-0.05, 0) is 41.3 Å². The minimum atomic E-state index is -0.416. The Bertz CT molecular complexity index is 859. The second kappa shape index (κ2) is 7.96. The van der Waals surface area contributed by atoms with Crippen molar-refractivity contribution in [3.8, 4) is 0 Å². The fourth-order valence-electron chi connectivity index (χ4n) is 2.04. The van der Waals surface area contributed by atoms with E-state index in [9.17, 15) is 14.9 Å². The van der Waals surface area contributed by atoms with Crippen molar-refractivity contribution in [1.29, 1.82) is 0 Å². The molecule has 0 aliphatic rings. The number of benzene rings is 2. The van der Waals surface area contributed by atoms with E-state index in [0.29, 0.717) is 4.88 Å². The fourth-order valence-corrected chi connectivity index (χ4v) is 3.47. The largest absolute Gasteiger partial charge is 0.457 e. The molecule has 0 unspecified atom stereocenters. The van der Waals surface area contributed by atoms with Crippen LogP contribution in [0.5, 0.6) is 0 Å². The minimum absolute atomic E-state index is 0.0762. The number of hydrogen-bond donors (Lipinski definition) is 0. The summed E-state index contributed by atoms with van der Waals surface area (Å²) in [5.41, 5.74) is 0.977. The highest BCUT2D eigenvalue weighted by Gasteiger charge is 2.08. The Labute approximate surface area is 152 Å².